The zero-order valence-electron chi connectivity index (χ0n) is 33.8. The molecule has 0 spiro atoms. The topological polar surface area (TPSA) is 3.24 Å². The molecule has 0 saturated carbocycles. The van der Waals surface area contributed by atoms with E-state index in [1.165, 1.54) is 61.2 Å². The maximum atomic E-state index is 2.40. The average Bonchev–Trinajstić information content (AvgIpc) is 3.36. The van der Waals surface area contributed by atoms with Gasteiger partial charge in [-0.25, -0.2) is 0 Å². The third-order valence-corrected chi connectivity index (χ3v) is 11.5. The summed E-state index contributed by atoms with van der Waals surface area (Å²) in [6, 6.07) is 94.1. The van der Waals surface area contributed by atoms with Crippen LogP contribution in [-0.2, 0) is 0 Å². The monoisotopic (exact) mass is 777 g/mol. The quantitative estimate of drug-likeness (QED) is 0.134. The Kier molecular flexibility index (Phi) is 10.4. The van der Waals surface area contributed by atoms with Crippen LogP contribution >= 0.6 is 0 Å². The molecule has 288 valence electrons. The molecule has 10 aromatic carbocycles. The molecule has 0 atom stereocenters. The van der Waals surface area contributed by atoms with Crippen molar-refractivity contribution < 1.29 is 0 Å². The first-order chi connectivity index (χ1) is 30.2. The van der Waals surface area contributed by atoms with Gasteiger partial charge in [0.05, 0.1) is 5.69 Å². The van der Waals surface area contributed by atoms with Crippen molar-refractivity contribution in [2.45, 2.75) is 0 Å². The summed E-state index contributed by atoms with van der Waals surface area (Å²) in [6.07, 6.45) is 0. The SMILES string of the molecule is c1ccc(-c2ccc(-c3ccc(N(c4ccc(-c5ccccc5)cc4)c4ccc(-c5cc(-c6ccccc6)cc(-c6ccccc6)c5)cc4-c4ccccc4)cc3)cc2)cc1. The number of hydrogen-bond donors (Lipinski definition) is 0. The van der Waals surface area contributed by atoms with E-state index in [4.69, 9.17) is 0 Å². The molecule has 0 fully saturated rings. The molecule has 1 heteroatoms. The van der Waals surface area contributed by atoms with Crippen molar-refractivity contribution in [2.75, 3.05) is 4.90 Å². The van der Waals surface area contributed by atoms with Crippen molar-refractivity contribution >= 4 is 17.1 Å². The molecular formula is C60H43N. The van der Waals surface area contributed by atoms with Crippen molar-refractivity contribution in [2.24, 2.45) is 0 Å². The Balaban J connectivity index is 1.10. The number of benzene rings is 10. The maximum absolute atomic E-state index is 2.40. The smallest absolute Gasteiger partial charge is 0.0540 e. The number of rotatable bonds is 10. The second-order valence-corrected chi connectivity index (χ2v) is 15.4. The highest BCUT2D eigenvalue weighted by Gasteiger charge is 2.19. The summed E-state index contributed by atoms with van der Waals surface area (Å²) >= 11 is 0. The van der Waals surface area contributed by atoms with Crippen LogP contribution in [0.3, 0.4) is 0 Å². The maximum Gasteiger partial charge on any atom is 0.0540 e. The molecule has 0 radical (unpaired) electrons. The minimum Gasteiger partial charge on any atom is -0.310 e. The van der Waals surface area contributed by atoms with Crippen molar-refractivity contribution in [3.05, 3.63) is 261 Å². The first-order valence-electron chi connectivity index (χ1n) is 20.9. The number of nitrogens with zero attached hydrogens (tertiary/aromatic N) is 1. The van der Waals surface area contributed by atoms with Crippen molar-refractivity contribution in [3.63, 3.8) is 0 Å². The Morgan fingerprint density at radius 3 is 0.803 bits per heavy atom. The van der Waals surface area contributed by atoms with E-state index >= 15 is 0 Å². The standard InChI is InChI=1S/C60H43N/c1-6-16-44(17-7-1)48-26-28-49(29-27-48)51-32-37-58(38-33-51)61(57-35-30-50(31-36-57)45-18-8-2-9-19-45)60-39-34-53(43-59(60)52-24-14-5-15-25-52)56-41-54(46-20-10-3-11-21-46)40-55(42-56)47-22-12-4-13-23-47/h1-43H. The lowest BCUT2D eigenvalue weighted by atomic mass is 9.91. The van der Waals surface area contributed by atoms with E-state index in [0.29, 0.717) is 0 Å². The van der Waals surface area contributed by atoms with Gasteiger partial charge in [0.2, 0.25) is 0 Å². The van der Waals surface area contributed by atoms with Crippen LogP contribution in [0.4, 0.5) is 17.1 Å². The van der Waals surface area contributed by atoms with Gasteiger partial charge < -0.3 is 4.90 Å². The Morgan fingerprint density at radius 2 is 0.443 bits per heavy atom. The molecule has 10 rings (SSSR count). The minimum atomic E-state index is 1.08. The summed E-state index contributed by atoms with van der Waals surface area (Å²) in [6.45, 7) is 0. The Labute approximate surface area is 359 Å². The normalized spacial score (nSPS) is 11.0. The molecule has 0 aliphatic rings. The van der Waals surface area contributed by atoms with Crippen molar-refractivity contribution in [1.82, 2.24) is 0 Å². The van der Waals surface area contributed by atoms with Crippen LogP contribution in [0.2, 0.25) is 0 Å². The van der Waals surface area contributed by atoms with E-state index in [9.17, 15) is 0 Å². The average molecular weight is 778 g/mol. The number of anilines is 3. The second-order valence-electron chi connectivity index (χ2n) is 15.4. The summed E-state index contributed by atoms with van der Waals surface area (Å²) in [5, 5.41) is 0. The highest BCUT2D eigenvalue weighted by molar-refractivity contribution is 5.92. The molecular weight excluding hydrogens is 735 g/mol. The van der Waals surface area contributed by atoms with Crippen molar-refractivity contribution in [1.29, 1.82) is 0 Å². The first-order valence-corrected chi connectivity index (χ1v) is 20.9. The predicted molar refractivity (Wildman–Crippen MR) is 259 cm³/mol. The van der Waals surface area contributed by atoms with Gasteiger partial charge in [-0.1, -0.05) is 206 Å². The molecule has 0 saturated heterocycles. The first kappa shape index (κ1) is 37.3. The summed E-state index contributed by atoms with van der Waals surface area (Å²) in [7, 11) is 0. The van der Waals surface area contributed by atoms with E-state index in [1.807, 2.05) is 0 Å². The van der Waals surface area contributed by atoms with Gasteiger partial charge in [-0.2, -0.15) is 0 Å². The Hall–Kier alpha value is -8.00. The van der Waals surface area contributed by atoms with Gasteiger partial charge in [0.1, 0.15) is 0 Å². The van der Waals surface area contributed by atoms with Crippen LogP contribution in [0.25, 0.3) is 77.9 Å². The lowest BCUT2D eigenvalue weighted by molar-refractivity contribution is 1.28. The molecule has 1 nitrogen and oxygen atoms in total. The van der Waals surface area contributed by atoms with Gasteiger partial charge in [0, 0.05) is 16.9 Å². The van der Waals surface area contributed by atoms with Gasteiger partial charge in [0.15, 0.2) is 0 Å². The van der Waals surface area contributed by atoms with E-state index in [-0.39, 0.29) is 0 Å². The second kappa shape index (κ2) is 17.1. The molecule has 0 aromatic heterocycles. The van der Waals surface area contributed by atoms with Gasteiger partial charge in [-0.15, -0.1) is 0 Å². The molecule has 0 aliphatic heterocycles. The van der Waals surface area contributed by atoms with E-state index < -0.39 is 0 Å². The molecule has 0 N–H and O–H groups in total. The zero-order valence-corrected chi connectivity index (χ0v) is 33.8. The molecule has 0 heterocycles. The van der Waals surface area contributed by atoms with Gasteiger partial charge in [0.25, 0.3) is 0 Å². The minimum absolute atomic E-state index is 1.08. The largest absolute Gasteiger partial charge is 0.310 e. The van der Waals surface area contributed by atoms with Crippen LogP contribution in [0.1, 0.15) is 0 Å². The highest BCUT2D eigenvalue weighted by Crippen LogP contribution is 2.44. The fraction of sp³-hybridized carbons (Fsp3) is 0. The van der Waals surface area contributed by atoms with E-state index in [1.54, 1.807) is 0 Å². The highest BCUT2D eigenvalue weighted by atomic mass is 15.1. The van der Waals surface area contributed by atoms with Crippen LogP contribution in [0, 0.1) is 0 Å². The van der Waals surface area contributed by atoms with E-state index in [0.717, 1.165) is 33.8 Å². The third-order valence-electron chi connectivity index (χ3n) is 11.5. The summed E-state index contributed by atoms with van der Waals surface area (Å²) in [5.74, 6) is 0. The number of hydrogen-bond acceptors (Lipinski definition) is 1. The van der Waals surface area contributed by atoms with Gasteiger partial charge in [-0.3, -0.25) is 0 Å². The molecule has 0 bridgehead atoms. The molecule has 10 aromatic rings. The van der Waals surface area contributed by atoms with Crippen molar-refractivity contribution in [3.8, 4) is 77.9 Å². The fourth-order valence-electron chi connectivity index (χ4n) is 8.30. The summed E-state index contributed by atoms with van der Waals surface area (Å²) in [5.41, 5.74) is 19.9. The van der Waals surface area contributed by atoms with E-state index in [2.05, 4.69) is 266 Å². The van der Waals surface area contributed by atoms with Gasteiger partial charge in [-0.05, 0) is 127 Å². The molecule has 61 heavy (non-hydrogen) atoms. The lowest BCUT2D eigenvalue weighted by Gasteiger charge is -2.29. The fourth-order valence-corrected chi connectivity index (χ4v) is 8.30. The molecule has 0 unspecified atom stereocenters. The Morgan fingerprint density at radius 1 is 0.180 bits per heavy atom. The summed E-state index contributed by atoms with van der Waals surface area (Å²) < 4.78 is 0. The van der Waals surface area contributed by atoms with Crippen LogP contribution < -0.4 is 4.90 Å². The molecule has 0 amide bonds. The third kappa shape index (κ3) is 8.06. The lowest BCUT2D eigenvalue weighted by Crippen LogP contribution is -2.11. The predicted octanol–water partition coefficient (Wildman–Crippen LogP) is 16.8. The van der Waals surface area contributed by atoms with Crippen LogP contribution in [-0.4, -0.2) is 0 Å². The summed E-state index contributed by atoms with van der Waals surface area (Å²) in [4.78, 5) is 2.40. The molecule has 0 aliphatic carbocycles. The Bertz CT molecular complexity index is 2940. The van der Waals surface area contributed by atoms with Gasteiger partial charge >= 0.3 is 0 Å². The van der Waals surface area contributed by atoms with Crippen LogP contribution in [0.15, 0.2) is 261 Å². The van der Waals surface area contributed by atoms with Crippen LogP contribution in [0.5, 0.6) is 0 Å². The zero-order chi connectivity index (χ0) is 40.8.